The molecule has 1 N–H and O–H groups in total. The number of ether oxygens (including phenoxy) is 2. The maximum atomic E-state index is 12.8. The zero-order valence-corrected chi connectivity index (χ0v) is 13.4. The zero-order valence-electron chi connectivity index (χ0n) is 12.5. The van der Waals surface area contributed by atoms with Crippen molar-refractivity contribution in [3.8, 4) is 17.2 Å². The summed E-state index contributed by atoms with van der Waals surface area (Å²) in [6.45, 7) is 1.43. The molecule has 2 aromatic carbocycles. The predicted molar refractivity (Wildman–Crippen MR) is 86.4 cm³/mol. The number of amides is 1. The van der Waals surface area contributed by atoms with E-state index in [1.54, 1.807) is 36.4 Å². The van der Waals surface area contributed by atoms with Gasteiger partial charge in [0.15, 0.2) is 24.2 Å². The Labute approximate surface area is 133 Å². The molecule has 0 aliphatic carbocycles. The quantitative estimate of drug-likeness (QED) is 0.867. The fourth-order valence-corrected chi connectivity index (χ4v) is 3.47. The maximum Gasteiger partial charge on any atom is 0.320 e. The van der Waals surface area contributed by atoms with E-state index in [4.69, 9.17) is 14.0 Å². The van der Waals surface area contributed by atoms with Crippen LogP contribution in [0.4, 0.5) is 5.69 Å². The van der Waals surface area contributed by atoms with Crippen molar-refractivity contribution in [2.24, 2.45) is 0 Å². The second-order valence-corrected chi connectivity index (χ2v) is 7.43. The number of hydrogen-bond donors (Lipinski definition) is 1. The van der Waals surface area contributed by atoms with Crippen LogP contribution in [0.3, 0.4) is 0 Å². The lowest BCUT2D eigenvalue weighted by molar-refractivity contribution is -0.114. The first kappa shape index (κ1) is 15.4. The molecule has 0 bridgehead atoms. The summed E-state index contributed by atoms with van der Waals surface area (Å²) in [6.07, 6.45) is -0.116. The van der Waals surface area contributed by atoms with Crippen molar-refractivity contribution in [1.29, 1.82) is 0 Å². The van der Waals surface area contributed by atoms with Crippen LogP contribution in [0.5, 0.6) is 17.2 Å². The van der Waals surface area contributed by atoms with E-state index in [9.17, 15) is 9.36 Å². The number of hydrogen-bond acceptors (Lipinski definition) is 5. The van der Waals surface area contributed by atoms with Crippen LogP contribution in [-0.4, -0.2) is 18.6 Å². The molecule has 1 amide bonds. The van der Waals surface area contributed by atoms with Crippen LogP contribution in [0.15, 0.2) is 48.5 Å². The van der Waals surface area contributed by atoms with Crippen molar-refractivity contribution >= 4 is 19.0 Å². The number of nitrogens with one attached hydrogen (secondary N) is 1. The Morgan fingerprint density at radius 3 is 2.13 bits per heavy atom. The fourth-order valence-electron chi connectivity index (χ4n) is 2.11. The minimum atomic E-state index is -3.14. The van der Waals surface area contributed by atoms with E-state index in [0.29, 0.717) is 22.9 Å². The third-order valence-electron chi connectivity index (χ3n) is 3.13. The molecule has 0 spiro atoms. The Bertz CT molecular complexity index is 728. The van der Waals surface area contributed by atoms with Gasteiger partial charge in [0.1, 0.15) is 5.75 Å². The van der Waals surface area contributed by atoms with Gasteiger partial charge in [0.05, 0.1) is 0 Å². The monoisotopic (exact) mass is 333 g/mol. The fraction of sp³-hybridized carbons (Fsp3) is 0.188. The number of carbonyl (C=O) groups excluding carboxylic acids is 1. The highest BCUT2D eigenvalue weighted by Gasteiger charge is 2.31. The molecular weight excluding hydrogens is 317 g/mol. The Kier molecular flexibility index (Phi) is 4.26. The minimum Gasteiger partial charge on any atom is -0.478 e. The van der Waals surface area contributed by atoms with Gasteiger partial charge in [-0.25, -0.2) is 0 Å². The first-order chi connectivity index (χ1) is 11.0. The molecule has 0 saturated heterocycles. The molecule has 0 unspecified atom stereocenters. The van der Waals surface area contributed by atoms with Gasteiger partial charge in [-0.05, 0) is 36.4 Å². The van der Waals surface area contributed by atoms with Crippen LogP contribution in [0.25, 0.3) is 0 Å². The summed E-state index contributed by atoms with van der Waals surface area (Å²) in [5, 5.41) is 2.65. The molecule has 1 aliphatic rings. The topological polar surface area (TPSA) is 73.9 Å². The standard InChI is InChI=1S/C16H16NO5P/c1-12(18)17-13-6-8-14(9-7-13)22-23(19)10-20-15-4-2-3-5-16(15)21-11-23/h2-9H,10-11H2,1H3,(H,17,18). The third-order valence-corrected chi connectivity index (χ3v) is 4.72. The van der Waals surface area contributed by atoms with E-state index in [-0.39, 0.29) is 18.6 Å². The van der Waals surface area contributed by atoms with Gasteiger partial charge in [0, 0.05) is 12.6 Å². The van der Waals surface area contributed by atoms with E-state index >= 15 is 0 Å². The molecule has 23 heavy (non-hydrogen) atoms. The van der Waals surface area contributed by atoms with Gasteiger partial charge in [-0.15, -0.1) is 0 Å². The smallest absolute Gasteiger partial charge is 0.320 e. The second-order valence-electron chi connectivity index (χ2n) is 5.10. The van der Waals surface area contributed by atoms with Crippen LogP contribution < -0.4 is 19.3 Å². The summed E-state index contributed by atoms with van der Waals surface area (Å²) in [4.78, 5) is 11.0. The van der Waals surface area contributed by atoms with Gasteiger partial charge in [0.2, 0.25) is 5.91 Å². The molecule has 7 heteroatoms. The zero-order chi connectivity index (χ0) is 16.3. The summed E-state index contributed by atoms with van der Waals surface area (Å²) in [5.74, 6) is 1.38. The van der Waals surface area contributed by atoms with Gasteiger partial charge in [-0.2, -0.15) is 0 Å². The summed E-state index contributed by atoms with van der Waals surface area (Å²) in [6, 6.07) is 13.8. The van der Waals surface area contributed by atoms with Crippen LogP contribution in [0, 0.1) is 0 Å². The molecule has 0 atom stereocenters. The maximum absolute atomic E-state index is 12.8. The highest BCUT2D eigenvalue weighted by molar-refractivity contribution is 7.59. The van der Waals surface area contributed by atoms with Crippen LogP contribution in [-0.2, 0) is 9.36 Å². The number of fused-ring (bicyclic) bond motifs is 1. The third kappa shape index (κ3) is 3.85. The van der Waals surface area contributed by atoms with Gasteiger partial charge in [-0.1, -0.05) is 12.1 Å². The van der Waals surface area contributed by atoms with Crippen LogP contribution in [0.2, 0.25) is 0 Å². The lowest BCUT2D eigenvalue weighted by atomic mass is 10.3. The first-order valence-corrected chi connectivity index (χ1v) is 9.04. The van der Waals surface area contributed by atoms with Gasteiger partial charge >= 0.3 is 7.37 Å². The second kappa shape index (κ2) is 6.34. The molecule has 1 aliphatic heterocycles. The molecule has 2 aromatic rings. The van der Waals surface area contributed by atoms with Crippen molar-refractivity contribution < 1.29 is 23.4 Å². The Hall–Kier alpha value is -2.46. The van der Waals surface area contributed by atoms with E-state index in [1.807, 2.05) is 12.1 Å². The summed E-state index contributed by atoms with van der Waals surface area (Å²) in [5.41, 5.74) is 0.643. The Balaban J connectivity index is 1.70. The number of rotatable bonds is 3. The van der Waals surface area contributed by atoms with E-state index < -0.39 is 7.37 Å². The molecule has 0 radical (unpaired) electrons. The first-order valence-electron chi connectivity index (χ1n) is 7.04. The summed E-state index contributed by atoms with van der Waals surface area (Å²) < 4.78 is 29.5. The van der Waals surface area contributed by atoms with E-state index in [2.05, 4.69) is 5.32 Å². The molecule has 0 saturated carbocycles. The Morgan fingerprint density at radius 1 is 1.04 bits per heavy atom. The number of anilines is 1. The molecule has 0 aromatic heterocycles. The molecule has 1 heterocycles. The average molecular weight is 333 g/mol. The molecule has 0 fully saturated rings. The SMILES string of the molecule is CC(=O)Nc1ccc(OP2(=O)COc3ccccc3OC2)cc1. The lowest BCUT2D eigenvalue weighted by Gasteiger charge is -2.16. The van der Waals surface area contributed by atoms with Crippen molar-refractivity contribution in [3.05, 3.63) is 48.5 Å². The van der Waals surface area contributed by atoms with Crippen molar-refractivity contribution in [3.63, 3.8) is 0 Å². The molecule has 6 nitrogen and oxygen atoms in total. The minimum absolute atomic E-state index is 0.0581. The van der Waals surface area contributed by atoms with Crippen LogP contribution >= 0.6 is 7.37 Å². The summed E-state index contributed by atoms with van der Waals surface area (Å²) >= 11 is 0. The van der Waals surface area contributed by atoms with Gasteiger partial charge < -0.3 is 19.3 Å². The summed E-state index contributed by atoms with van der Waals surface area (Å²) in [7, 11) is -3.14. The highest BCUT2D eigenvalue weighted by atomic mass is 31.2. The normalized spacial score (nSPS) is 15.3. The van der Waals surface area contributed by atoms with Crippen LogP contribution in [0.1, 0.15) is 6.92 Å². The lowest BCUT2D eigenvalue weighted by Crippen LogP contribution is -2.08. The Morgan fingerprint density at radius 2 is 1.61 bits per heavy atom. The van der Waals surface area contributed by atoms with Gasteiger partial charge in [-0.3, -0.25) is 9.36 Å². The largest absolute Gasteiger partial charge is 0.478 e. The van der Waals surface area contributed by atoms with E-state index in [1.165, 1.54) is 6.92 Å². The van der Waals surface area contributed by atoms with Crippen molar-refractivity contribution in [1.82, 2.24) is 0 Å². The number of benzene rings is 2. The van der Waals surface area contributed by atoms with Gasteiger partial charge in [0.25, 0.3) is 0 Å². The average Bonchev–Trinajstić information content (AvgIpc) is 2.69. The molecule has 3 rings (SSSR count). The predicted octanol–water partition coefficient (Wildman–Crippen LogP) is 3.69. The van der Waals surface area contributed by atoms with Crippen molar-refractivity contribution in [2.75, 3.05) is 18.0 Å². The number of para-hydroxylation sites is 2. The molecular formula is C16H16NO5P. The van der Waals surface area contributed by atoms with Crippen molar-refractivity contribution in [2.45, 2.75) is 6.92 Å². The van der Waals surface area contributed by atoms with E-state index in [0.717, 1.165) is 0 Å². The molecule has 120 valence electrons. The highest BCUT2D eigenvalue weighted by Crippen LogP contribution is 2.50. The number of carbonyl (C=O) groups is 1.